The third kappa shape index (κ3) is 2.33. The summed E-state index contributed by atoms with van der Waals surface area (Å²) in [5.41, 5.74) is 1.69. The molecule has 5 rings (SSSR count). The number of imidazole rings is 2. The number of halogens is 1. The van der Waals surface area contributed by atoms with Gasteiger partial charge in [-0.1, -0.05) is 0 Å². The summed E-state index contributed by atoms with van der Waals surface area (Å²) in [7, 11) is 0. The van der Waals surface area contributed by atoms with Gasteiger partial charge >= 0.3 is 0 Å². The van der Waals surface area contributed by atoms with E-state index in [0.717, 1.165) is 12.8 Å². The van der Waals surface area contributed by atoms with Gasteiger partial charge in [0.15, 0.2) is 0 Å². The number of fused-ring (bicyclic) bond motifs is 2. The molecule has 0 unspecified atom stereocenters. The van der Waals surface area contributed by atoms with Crippen molar-refractivity contribution in [3.05, 3.63) is 60.2 Å². The quantitative estimate of drug-likeness (QED) is 0.603. The fourth-order valence-corrected chi connectivity index (χ4v) is 3.53. The van der Waals surface area contributed by atoms with Gasteiger partial charge in [0, 0.05) is 25.1 Å². The number of aromatic nitrogens is 5. The molecule has 0 saturated carbocycles. The maximum atomic E-state index is 13.4. The van der Waals surface area contributed by atoms with Crippen molar-refractivity contribution in [3.8, 4) is 0 Å². The van der Waals surface area contributed by atoms with Crippen LogP contribution in [-0.4, -0.2) is 41.7 Å². The molecule has 0 radical (unpaired) electrons. The molecule has 1 aliphatic rings. The SMILES string of the molecule is O=C(c1cn2cccnc2n1)N1CCC[C@@H]1c1nc2ccc(F)cc2[nH]1. The van der Waals surface area contributed by atoms with Crippen molar-refractivity contribution in [2.75, 3.05) is 6.54 Å². The molecule has 0 bridgehead atoms. The van der Waals surface area contributed by atoms with E-state index in [4.69, 9.17) is 0 Å². The second-order valence-corrected chi connectivity index (χ2v) is 6.39. The summed E-state index contributed by atoms with van der Waals surface area (Å²) in [6.45, 7) is 0.635. The van der Waals surface area contributed by atoms with Crippen LogP contribution in [0, 0.1) is 5.82 Å². The number of hydrogen-bond donors (Lipinski definition) is 1. The third-order valence-corrected chi connectivity index (χ3v) is 4.75. The Morgan fingerprint density at radius 2 is 2.23 bits per heavy atom. The normalized spacial score (nSPS) is 17.4. The van der Waals surface area contributed by atoms with E-state index in [1.807, 2.05) is 0 Å². The highest BCUT2D eigenvalue weighted by molar-refractivity contribution is 5.93. The predicted octanol–water partition coefficient (Wildman–Crippen LogP) is 2.72. The van der Waals surface area contributed by atoms with Gasteiger partial charge in [-0.3, -0.25) is 9.20 Å². The molecule has 1 N–H and O–H groups in total. The van der Waals surface area contributed by atoms with E-state index in [-0.39, 0.29) is 17.8 Å². The number of carbonyl (C=O) groups is 1. The van der Waals surface area contributed by atoms with Crippen molar-refractivity contribution in [3.63, 3.8) is 0 Å². The van der Waals surface area contributed by atoms with Gasteiger partial charge in [0.2, 0.25) is 5.78 Å². The third-order valence-electron chi connectivity index (χ3n) is 4.75. The Morgan fingerprint density at radius 1 is 1.31 bits per heavy atom. The average Bonchev–Trinajstić information content (AvgIpc) is 3.36. The van der Waals surface area contributed by atoms with E-state index in [0.29, 0.717) is 34.9 Å². The Balaban J connectivity index is 1.50. The summed E-state index contributed by atoms with van der Waals surface area (Å²) in [6, 6.07) is 6.06. The van der Waals surface area contributed by atoms with Crippen molar-refractivity contribution in [2.45, 2.75) is 18.9 Å². The van der Waals surface area contributed by atoms with Gasteiger partial charge in [0.1, 0.15) is 17.3 Å². The molecule has 7 nitrogen and oxygen atoms in total. The number of nitrogens with zero attached hydrogens (tertiary/aromatic N) is 5. The first-order valence-electron chi connectivity index (χ1n) is 8.45. The van der Waals surface area contributed by atoms with Crippen molar-refractivity contribution in [1.82, 2.24) is 29.2 Å². The number of amides is 1. The molecular weight excluding hydrogens is 335 g/mol. The zero-order valence-corrected chi connectivity index (χ0v) is 13.8. The zero-order chi connectivity index (χ0) is 17.7. The highest BCUT2D eigenvalue weighted by Crippen LogP contribution is 2.32. The van der Waals surface area contributed by atoms with Crippen LogP contribution in [0.25, 0.3) is 16.8 Å². The number of rotatable bonds is 2. The Hall–Kier alpha value is -3.29. The van der Waals surface area contributed by atoms with Crippen LogP contribution in [0.5, 0.6) is 0 Å². The lowest BCUT2D eigenvalue weighted by atomic mass is 10.2. The maximum Gasteiger partial charge on any atom is 0.274 e. The number of likely N-dealkylation sites (tertiary alicyclic amines) is 1. The molecule has 3 aromatic heterocycles. The first kappa shape index (κ1) is 15.0. The van der Waals surface area contributed by atoms with Crippen LogP contribution in [0.15, 0.2) is 42.9 Å². The Kier molecular flexibility index (Phi) is 3.24. The van der Waals surface area contributed by atoms with E-state index < -0.39 is 0 Å². The number of H-pyrrole nitrogens is 1. The van der Waals surface area contributed by atoms with Crippen LogP contribution in [0.4, 0.5) is 4.39 Å². The van der Waals surface area contributed by atoms with Gasteiger partial charge < -0.3 is 9.88 Å². The summed E-state index contributed by atoms with van der Waals surface area (Å²) in [5.74, 6) is 0.707. The predicted molar refractivity (Wildman–Crippen MR) is 92.1 cm³/mol. The summed E-state index contributed by atoms with van der Waals surface area (Å²) in [6.07, 6.45) is 6.82. The molecule has 8 heteroatoms. The molecular formula is C18H15FN6O. The minimum Gasteiger partial charge on any atom is -0.340 e. The molecule has 1 amide bonds. The highest BCUT2D eigenvalue weighted by atomic mass is 19.1. The van der Waals surface area contributed by atoms with Crippen LogP contribution in [0.3, 0.4) is 0 Å². The van der Waals surface area contributed by atoms with Crippen LogP contribution < -0.4 is 0 Å². The average molecular weight is 350 g/mol. The molecule has 1 saturated heterocycles. The molecule has 26 heavy (non-hydrogen) atoms. The lowest BCUT2D eigenvalue weighted by Crippen LogP contribution is -2.31. The Labute approximate surface area is 147 Å². The van der Waals surface area contributed by atoms with Gasteiger partial charge in [-0.2, -0.15) is 0 Å². The van der Waals surface area contributed by atoms with E-state index in [9.17, 15) is 9.18 Å². The second-order valence-electron chi connectivity index (χ2n) is 6.39. The summed E-state index contributed by atoms with van der Waals surface area (Å²) in [5, 5.41) is 0. The van der Waals surface area contributed by atoms with E-state index in [2.05, 4.69) is 19.9 Å². The van der Waals surface area contributed by atoms with E-state index in [1.54, 1.807) is 40.0 Å². The largest absolute Gasteiger partial charge is 0.340 e. The van der Waals surface area contributed by atoms with Crippen LogP contribution in [0.1, 0.15) is 35.2 Å². The van der Waals surface area contributed by atoms with Crippen molar-refractivity contribution in [2.24, 2.45) is 0 Å². The number of benzene rings is 1. The lowest BCUT2D eigenvalue weighted by molar-refractivity contribution is 0.0725. The lowest BCUT2D eigenvalue weighted by Gasteiger charge is -2.22. The summed E-state index contributed by atoms with van der Waals surface area (Å²) >= 11 is 0. The zero-order valence-electron chi connectivity index (χ0n) is 13.8. The minimum atomic E-state index is -0.316. The fraction of sp³-hybridized carbons (Fsp3) is 0.222. The molecule has 0 spiro atoms. The molecule has 0 aliphatic carbocycles. The minimum absolute atomic E-state index is 0.148. The van der Waals surface area contributed by atoms with Crippen LogP contribution >= 0.6 is 0 Å². The van der Waals surface area contributed by atoms with E-state index in [1.165, 1.54) is 12.1 Å². The number of nitrogens with one attached hydrogen (secondary N) is 1. The molecule has 130 valence electrons. The van der Waals surface area contributed by atoms with Gasteiger partial charge in [-0.05, 0) is 37.1 Å². The van der Waals surface area contributed by atoms with E-state index >= 15 is 0 Å². The number of aromatic amines is 1. The summed E-state index contributed by atoms with van der Waals surface area (Å²) < 4.78 is 15.1. The smallest absolute Gasteiger partial charge is 0.274 e. The van der Waals surface area contributed by atoms with Crippen molar-refractivity contribution in [1.29, 1.82) is 0 Å². The van der Waals surface area contributed by atoms with Gasteiger partial charge in [-0.15, -0.1) is 0 Å². The molecule has 1 aliphatic heterocycles. The standard InChI is InChI=1S/C18H15FN6O/c19-11-4-5-12-13(9-11)22-16(21-12)15-3-1-8-25(15)17(26)14-10-24-7-2-6-20-18(24)23-14/h2,4-7,9-10,15H,1,3,8H2,(H,21,22)/t15-/m1/s1. The first-order chi connectivity index (χ1) is 12.7. The fourth-order valence-electron chi connectivity index (χ4n) is 3.53. The summed E-state index contributed by atoms with van der Waals surface area (Å²) in [4.78, 5) is 30.9. The molecule has 4 heterocycles. The topological polar surface area (TPSA) is 79.2 Å². The number of carbonyl (C=O) groups excluding carboxylic acids is 1. The highest BCUT2D eigenvalue weighted by Gasteiger charge is 2.33. The monoisotopic (exact) mass is 350 g/mol. The van der Waals surface area contributed by atoms with Gasteiger partial charge in [0.25, 0.3) is 5.91 Å². The molecule has 1 atom stereocenters. The molecule has 4 aromatic rings. The van der Waals surface area contributed by atoms with Crippen LogP contribution in [-0.2, 0) is 0 Å². The van der Waals surface area contributed by atoms with Crippen molar-refractivity contribution < 1.29 is 9.18 Å². The van der Waals surface area contributed by atoms with Crippen molar-refractivity contribution >= 4 is 22.7 Å². The second kappa shape index (κ2) is 5.62. The molecule has 1 fully saturated rings. The van der Waals surface area contributed by atoms with Crippen LogP contribution in [0.2, 0.25) is 0 Å². The maximum absolute atomic E-state index is 13.4. The van der Waals surface area contributed by atoms with Gasteiger partial charge in [-0.25, -0.2) is 19.3 Å². The van der Waals surface area contributed by atoms with Gasteiger partial charge in [0.05, 0.1) is 17.1 Å². The Morgan fingerprint density at radius 3 is 3.12 bits per heavy atom. The molecule has 1 aromatic carbocycles. The number of hydrogen-bond acceptors (Lipinski definition) is 4. The first-order valence-corrected chi connectivity index (χ1v) is 8.45. The Bertz CT molecular complexity index is 1100.